The average Bonchev–Trinajstić information content (AvgIpc) is 2.90. The van der Waals surface area contributed by atoms with Crippen LogP contribution in [-0.4, -0.2) is 82.8 Å². The fourth-order valence-electron chi connectivity index (χ4n) is 4.25. The number of halogens is 2. The third-order valence-corrected chi connectivity index (χ3v) is 7.51. The van der Waals surface area contributed by atoms with Crippen molar-refractivity contribution in [1.29, 1.82) is 0 Å². The van der Waals surface area contributed by atoms with Gasteiger partial charge in [0.2, 0.25) is 11.8 Å². The number of phenols is 1. The van der Waals surface area contributed by atoms with Gasteiger partial charge in [-0.15, -0.1) is 0 Å². The Balaban J connectivity index is 1.62. The molecule has 0 unspecified atom stereocenters. The third kappa shape index (κ3) is 8.57. The van der Waals surface area contributed by atoms with Crippen LogP contribution in [-0.2, 0) is 16.0 Å². The molecule has 2 heterocycles. The lowest BCUT2D eigenvalue weighted by atomic mass is 10.0. The first kappa shape index (κ1) is 29.7. The molecule has 0 aliphatic carbocycles. The number of anilines is 1. The standard InChI is InChI=1S/C25H32Br2N6O5/c26-18-13-16(14-19(27)22(18)34)15-20(28)23(35)31-21(3-1-2-6-30-25(37)38)24(36)33-11-9-32(10-12-33)17-4-7-29-8-5-17/h4-5,7-8,13-14,20-21,30,34H,1-3,6,9-12,15,28H2,(H,31,35)(H,37,38)/t20-,21+/m1/s1. The van der Waals surface area contributed by atoms with E-state index in [-0.39, 0.29) is 24.6 Å². The zero-order chi connectivity index (χ0) is 27.7. The SMILES string of the molecule is N[C@H](Cc1cc(Br)c(O)c(Br)c1)C(=O)N[C@@H](CCCCNC(=O)O)C(=O)N1CCN(c2ccncc2)CC1. The topological polar surface area (TPSA) is 161 Å². The number of carbonyl (C=O) groups is 3. The molecule has 2 atom stereocenters. The van der Waals surface area contributed by atoms with Crippen LogP contribution in [0.4, 0.5) is 10.5 Å². The lowest BCUT2D eigenvalue weighted by Gasteiger charge is -2.37. The molecule has 1 aromatic heterocycles. The monoisotopic (exact) mass is 654 g/mol. The number of phenolic OH excluding ortho intramolecular Hbond substituents is 1. The number of piperazine rings is 1. The van der Waals surface area contributed by atoms with E-state index < -0.39 is 24.1 Å². The van der Waals surface area contributed by atoms with Crippen molar-refractivity contribution < 1.29 is 24.6 Å². The smallest absolute Gasteiger partial charge is 0.404 e. The summed E-state index contributed by atoms with van der Waals surface area (Å²) in [6.45, 7) is 2.59. The Kier molecular flexibility index (Phi) is 11.2. The second-order valence-electron chi connectivity index (χ2n) is 9.03. The number of aromatic hydroxyl groups is 1. The maximum absolute atomic E-state index is 13.4. The lowest BCUT2D eigenvalue weighted by Crippen LogP contribution is -2.57. The summed E-state index contributed by atoms with van der Waals surface area (Å²) < 4.78 is 0.951. The number of nitrogens with two attached hydrogens (primary N) is 1. The van der Waals surface area contributed by atoms with Gasteiger partial charge >= 0.3 is 6.09 Å². The first-order valence-corrected chi connectivity index (χ1v) is 13.9. The molecule has 1 aromatic carbocycles. The van der Waals surface area contributed by atoms with E-state index in [1.807, 2.05) is 12.1 Å². The molecule has 0 spiro atoms. The van der Waals surface area contributed by atoms with Crippen LogP contribution in [0, 0.1) is 0 Å². The number of pyridine rings is 1. The highest BCUT2D eigenvalue weighted by molar-refractivity contribution is 9.11. The molecule has 0 radical (unpaired) electrons. The van der Waals surface area contributed by atoms with Crippen molar-refractivity contribution in [2.45, 2.75) is 37.8 Å². The number of amides is 3. The summed E-state index contributed by atoms with van der Waals surface area (Å²) in [7, 11) is 0. The highest BCUT2D eigenvalue weighted by atomic mass is 79.9. The quantitative estimate of drug-likeness (QED) is 0.231. The van der Waals surface area contributed by atoms with E-state index in [0.29, 0.717) is 54.4 Å². The molecular formula is C25H32Br2N6O5. The summed E-state index contributed by atoms with van der Waals surface area (Å²) in [6.07, 6.45) is 4.00. The normalized spacial score (nSPS) is 15.0. The van der Waals surface area contributed by atoms with Crippen molar-refractivity contribution in [2.24, 2.45) is 5.73 Å². The van der Waals surface area contributed by atoms with Gasteiger partial charge in [-0.25, -0.2) is 4.79 Å². The number of hydrogen-bond acceptors (Lipinski definition) is 7. The number of benzene rings is 1. The number of aromatic nitrogens is 1. The van der Waals surface area contributed by atoms with Crippen LogP contribution in [0.2, 0.25) is 0 Å². The molecule has 0 saturated carbocycles. The van der Waals surface area contributed by atoms with Crippen LogP contribution < -0.4 is 21.3 Å². The summed E-state index contributed by atoms with van der Waals surface area (Å²) in [5.41, 5.74) is 7.97. The summed E-state index contributed by atoms with van der Waals surface area (Å²) in [6, 6.07) is 5.55. The van der Waals surface area contributed by atoms with E-state index in [1.165, 1.54) is 0 Å². The van der Waals surface area contributed by atoms with Crippen molar-refractivity contribution in [3.05, 3.63) is 51.2 Å². The van der Waals surface area contributed by atoms with Gasteiger partial charge in [0.15, 0.2) is 0 Å². The molecule has 3 rings (SSSR count). The molecule has 1 aliphatic heterocycles. The van der Waals surface area contributed by atoms with E-state index >= 15 is 0 Å². The second kappa shape index (κ2) is 14.3. The second-order valence-corrected chi connectivity index (χ2v) is 10.7. The van der Waals surface area contributed by atoms with Crippen molar-refractivity contribution >= 4 is 55.5 Å². The van der Waals surface area contributed by atoms with Crippen molar-refractivity contribution in [2.75, 3.05) is 37.6 Å². The molecule has 38 heavy (non-hydrogen) atoms. The Bertz CT molecular complexity index is 1090. The van der Waals surface area contributed by atoms with E-state index in [2.05, 4.69) is 52.4 Å². The molecule has 3 amide bonds. The van der Waals surface area contributed by atoms with Crippen LogP contribution in [0.1, 0.15) is 24.8 Å². The number of nitrogens with one attached hydrogen (secondary N) is 2. The van der Waals surface area contributed by atoms with Gasteiger partial charge < -0.3 is 36.4 Å². The van der Waals surface area contributed by atoms with Gasteiger partial charge in [0.25, 0.3) is 0 Å². The molecule has 11 nitrogen and oxygen atoms in total. The van der Waals surface area contributed by atoms with Crippen LogP contribution >= 0.6 is 31.9 Å². The molecular weight excluding hydrogens is 624 g/mol. The number of unbranched alkanes of at least 4 members (excludes halogenated alkanes) is 1. The van der Waals surface area contributed by atoms with Gasteiger partial charge in [0.05, 0.1) is 15.0 Å². The highest BCUT2D eigenvalue weighted by Crippen LogP contribution is 2.33. The Morgan fingerprint density at radius 3 is 2.29 bits per heavy atom. The largest absolute Gasteiger partial charge is 0.506 e. The van der Waals surface area contributed by atoms with Crippen LogP contribution in [0.25, 0.3) is 0 Å². The van der Waals surface area contributed by atoms with Gasteiger partial charge in [-0.2, -0.15) is 0 Å². The predicted octanol–water partition coefficient (Wildman–Crippen LogP) is 2.45. The molecule has 1 fully saturated rings. The highest BCUT2D eigenvalue weighted by Gasteiger charge is 2.30. The van der Waals surface area contributed by atoms with Gasteiger partial charge in [-0.1, -0.05) is 0 Å². The van der Waals surface area contributed by atoms with Crippen LogP contribution in [0.3, 0.4) is 0 Å². The number of carboxylic acid groups (broad SMARTS) is 1. The fraction of sp³-hybridized carbons (Fsp3) is 0.440. The maximum atomic E-state index is 13.4. The van der Waals surface area contributed by atoms with E-state index in [4.69, 9.17) is 10.8 Å². The van der Waals surface area contributed by atoms with Gasteiger partial charge in [0, 0.05) is 50.8 Å². The number of carbonyl (C=O) groups excluding carboxylic acids is 2. The fourth-order valence-corrected chi connectivity index (χ4v) is 5.53. The van der Waals surface area contributed by atoms with E-state index in [0.717, 1.165) is 11.3 Å². The Labute approximate surface area is 238 Å². The van der Waals surface area contributed by atoms with Gasteiger partial charge in [-0.05, 0) is 87.4 Å². The van der Waals surface area contributed by atoms with E-state index in [9.17, 15) is 19.5 Å². The number of rotatable bonds is 11. The van der Waals surface area contributed by atoms with Gasteiger partial charge in [-0.3, -0.25) is 14.6 Å². The molecule has 0 bridgehead atoms. The molecule has 6 N–H and O–H groups in total. The minimum atomic E-state index is -1.10. The minimum absolute atomic E-state index is 0.0545. The Hall–Kier alpha value is -2.90. The number of nitrogens with zero attached hydrogens (tertiary/aromatic N) is 3. The summed E-state index contributed by atoms with van der Waals surface area (Å²) in [5, 5.41) is 23.8. The van der Waals surface area contributed by atoms with Crippen LogP contribution in [0.5, 0.6) is 5.75 Å². The number of hydrogen-bond donors (Lipinski definition) is 5. The van der Waals surface area contributed by atoms with Gasteiger partial charge in [0.1, 0.15) is 11.8 Å². The van der Waals surface area contributed by atoms with E-state index in [1.54, 1.807) is 29.4 Å². The Morgan fingerprint density at radius 2 is 1.68 bits per heavy atom. The maximum Gasteiger partial charge on any atom is 0.404 e. The predicted molar refractivity (Wildman–Crippen MR) is 150 cm³/mol. The first-order chi connectivity index (χ1) is 18.2. The minimum Gasteiger partial charge on any atom is -0.506 e. The zero-order valence-corrected chi connectivity index (χ0v) is 23.9. The van der Waals surface area contributed by atoms with Crippen molar-refractivity contribution in [1.82, 2.24) is 20.5 Å². The Morgan fingerprint density at radius 1 is 1.05 bits per heavy atom. The molecule has 1 aliphatic rings. The zero-order valence-electron chi connectivity index (χ0n) is 20.8. The summed E-state index contributed by atoms with van der Waals surface area (Å²) in [4.78, 5) is 45.1. The third-order valence-electron chi connectivity index (χ3n) is 6.30. The molecule has 13 heteroatoms. The molecule has 206 valence electrons. The average molecular weight is 656 g/mol. The summed E-state index contributed by atoms with van der Waals surface area (Å²) >= 11 is 6.55. The van der Waals surface area contributed by atoms with Crippen LogP contribution in [0.15, 0.2) is 45.6 Å². The molecule has 2 aromatic rings. The molecule has 1 saturated heterocycles. The lowest BCUT2D eigenvalue weighted by molar-refractivity contribution is -0.137. The summed E-state index contributed by atoms with van der Waals surface area (Å²) in [5.74, 6) is -0.581. The first-order valence-electron chi connectivity index (χ1n) is 12.3. The van der Waals surface area contributed by atoms with Crippen molar-refractivity contribution in [3.8, 4) is 5.75 Å². The van der Waals surface area contributed by atoms with Crippen molar-refractivity contribution in [3.63, 3.8) is 0 Å².